The summed E-state index contributed by atoms with van der Waals surface area (Å²) in [6.45, 7) is 2.92. The van der Waals surface area contributed by atoms with Crippen LogP contribution in [-0.2, 0) is 19.6 Å². The fourth-order valence-corrected chi connectivity index (χ4v) is 4.92. The van der Waals surface area contributed by atoms with Crippen molar-refractivity contribution in [3.63, 3.8) is 0 Å². The molecular weight excluding hydrogens is 465 g/mol. The Balaban J connectivity index is 1.24. The Kier molecular flexibility index (Phi) is 7.30. The molecule has 2 aromatic heterocycles. The quantitative estimate of drug-likeness (QED) is 0.429. The smallest absolute Gasteiger partial charge is 0.258 e. The van der Waals surface area contributed by atoms with Crippen LogP contribution in [0.1, 0.15) is 41.6 Å². The number of benzene rings is 1. The first-order valence-corrected chi connectivity index (χ1v) is 12.5. The average Bonchev–Trinajstić information content (AvgIpc) is 2.88. The van der Waals surface area contributed by atoms with E-state index in [2.05, 4.69) is 34.2 Å². The molecule has 35 heavy (non-hydrogen) atoms. The van der Waals surface area contributed by atoms with Gasteiger partial charge in [0.2, 0.25) is 0 Å². The third kappa shape index (κ3) is 5.82. The maximum atomic E-state index is 12.9. The van der Waals surface area contributed by atoms with E-state index in [1.54, 1.807) is 29.1 Å². The summed E-state index contributed by atoms with van der Waals surface area (Å²) in [5.41, 5.74) is 5.38. The van der Waals surface area contributed by atoms with Crippen LogP contribution in [0.4, 0.5) is 4.39 Å². The zero-order chi connectivity index (χ0) is 24.2. The lowest BCUT2D eigenvalue weighted by Gasteiger charge is -2.31. The highest BCUT2D eigenvalue weighted by molar-refractivity contribution is 6.30. The summed E-state index contributed by atoms with van der Waals surface area (Å²) in [5.74, 6) is 0.753. The number of likely N-dealkylation sites (tertiary alicyclic amines) is 1. The average molecular weight is 494 g/mol. The van der Waals surface area contributed by atoms with Gasteiger partial charge in [0, 0.05) is 30.7 Å². The van der Waals surface area contributed by atoms with Crippen molar-refractivity contribution >= 4 is 23.4 Å². The molecule has 182 valence electrons. The largest absolute Gasteiger partial charge is 0.487 e. The van der Waals surface area contributed by atoms with Crippen LogP contribution in [0.25, 0.3) is 11.8 Å². The lowest BCUT2D eigenvalue weighted by molar-refractivity contribution is 0.159. The molecular formula is C28H29ClFN3O2. The number of halogens is 2. The number of rotatable bonds is 7. The summed E-state index contributed by atoms with van der Waals surface area (Å²) < 4.78 is 20.3. The maximum absolute atomic E-state index is 12.9. The minimum atomic E-state index is -0.193. The third-order valence-corrected chi connectivity index (χ3v) is 7.11. The highest BCUT2D eigenvalue weighted by Gasteiger charge is 2.20. The van der Waals surface area contributed by atoms with E-state index in [0.717, 1.165) is 62.3 Å². The summed E-state index contributed by atoms with van der Waals surface area (Å²) in [6, 6.07) is 13.5. The number of ether oxygens (including phenoxy) is 1. The zero-order valence-electron chi connectivity index (χ0n) is 19.6. The first kappa shape index (κ1) is 23.8. The van der Waals surface area contributed by atoms with Crippen LogP contribution in [-0.4, -0.2) is 34.2 Å². The van der Waals surface area contributed by atoms with Crippen LogP contribution >= 0.6 is 11.6 Å². The summed E-state index contributed by atoms with van der Waals surface area (Å²) in [4.78, 5) is 19.4. The molecule has 0 spiro atoms. The number of aryl methyl sites for hydroxylation is 1. The Morgan fingerprint density at radius 1 is 1.09 bits per heavy atom. The number of aromatic nitrogens is 2. The fraction of sp³-hybridized carbons (Fsp3) is 0.357. The van der Waals surface area contributed by atoms with Crippen LogP contribution in [0.3, 0.4) is 0 Å². The number of hydrogen-bond acceptors (Lipinski definition) is 4. The van der Waals surface area contributed by atoms with E-state index in [4.69, 9.17) is 16.3 Å². The first-order chi connectivity index (χ1) is 17.1. The number of pyridine rings is 2. The van der Waals surface area contributed by atoms with Crippen LogP contribution < -0.4 is 10.3 Å². The van der Waals surface area contributed by atoms with E-state index >= 15 is 0 Å². The van der Waals surface area contributed by atoms with Crippen molar-refractivity contribution in [2.24, 2.45) is 5.92 Å². The molecule has 1 saturated heterocycles. The summed E-state index contributed by atoms with van der Waals surface area (Å²) in [7, 11) is 0. The molecule has 2 aliphatic rings. The van der Waals surface area contributed by atoms with Crippen LogP contribution in [0.2, 0.25) is 5.02 Å². The number of hydrogen-bond donors (Lipinski definition) is 0. The molecule has 1 fully saturated rings. The first-order valence-electron chi connectivity index (χ1n) is 12.1. The van der Waals surface area contributed by atoms with Crippen LogP contribution in [0.15, 0.2) is 59.7 Å². The zero-order valence-corrected chi connectivity index (χ0v) is 20.4. The lowest BCUT2D eigenvalue weighted by Crippen LogP contribution is -2.33. The Morgan fingerprint density at radius 3 is 2.69 bits per heavy atom. The van der Waals surface area contributed by atoms with Gasteiger partial charge in [0.15, 0.2) is 0 Å². The Hall–Kier alpha value is -2.96. The second-order valence-electron chi connectivity index (χ2n) is 9.37. The van der Waals surface area contributed by atoms with Gasteiger partial charge in [-0.2, -0.15) is 0 Å². The van der Waals surface area contributed by atoms with Gasteiger partial charge in [-0.1, -0.05) is 29.8 Å². The van der Waals surface area contributed by atoms with E-state index < -0.39 is 0 Å². The van der Waals surface area contributed by atoms with Crippen molar-refractivity contribution < 1.29 is 9.13 Å². The van der Waals surface area contributed by atoms with E-state index in [1.807, 2.05) is 6.07 Å². The van der Waals surface area contributed by atoms with E-state index in [0.29, 0.717) is 10.8 Å². The van der Waals surface area contributed by atoms with Crippen molar-refractivity contribution in [2.75, 3.05) is 19.8 Å². The molecule has 0 saturated carbocycles. The van der Waals surface area contributed by atoms with Crippen molar-refractivity contribution in [2.45, 2.75) is 38.8 Å². The minimum absolute atomic E-state index is 0.116. The molecule has 0 atom stereocenters. The Labute approximate surface area is 209 Å². The van der Waals surface area contributed by atoms with Gasteiger partial charge in [-0.05, 0) is 85.7 Å². The maximum Gasteiger partial charge on any atom is 0.258 e. The van der Waals surface area contributed by atoms with Crippen molar-refractivity contribution in [3.05, 3.63) is 92.6 Å². The SMILES string of the molecule is O=c1cc(OCc2ccc(Cl)cn2)ccn1C1=Cc2ccc(CN3CCC(CF)CC3)cc2CC1. The van der Waals surface area contributed by atoms with Crippen LogP contribution in [0.5, 0.6) is 5.75 Å². The molecule has 1 aromatic carbocycles. The molecule has 7 heteroatoms. The van der Waals surface area contributed by atoms with Gasteiger partial charge in [-0.3, -0.25) is 23.6 Å². The van der Waals surface area contributed by atoms with Gasteiger partial charge in [-0.25, -0.2) is 0 Å². The molecule has 0 radical (unpaired) electrons. The lowest BCUT2D eigenvalue weighted by atomic mass is 9.92. The molecule has 0 unspecified atom stereocenters. The van der Waals surface area contributed by atoms with Crippen molar-refractivity contribution in [1.82, 2.24) is 14.5 Å². The number of alkyl halides is 1. The molecule has 1 aliphatic heterocycles. The predicted molar refractivity (Wildman–Crippen MR) is 137 cm³/mol. The molecule has 1 aliphatic carbocycles. The molecule has 0 bridgehead atoms. The van der Waals surface area contributed by atoms with Crippen molar-refractivity contribution in [1.29, 1.82) is 0 Å². The monoisotopic (exact) mass is 493 g/mol. The summed E-state index contributed by atoms with van der Waals surface area (Å²) in [5, 5.41) is 0.574. The number of piperidine rings is 1. The van der Waals surface area contributed by atoms with Gasteiger partial charge >= 0.3 is 0 Å². The topological polar surface area (TPSA) is 47.4 Å². The van der Waals surface area contributed by atoms with Crippen molar-refractivity contribution in [3.8, 4) is 5.75 Å². The number of allylic oxidation sites excluding steroid dienone is 1. The molecule has 3 heterocycles. The van der Waals surface area contributed by atoms with Gasteiger partial charge in [-0.15, -0.1) is 0 Å². The predicted octanol–water partition coefficient (Wildman–Crippen LogP) is 5.60. The second-order valence-corrected chi connectivity index (χ2v) is 9.81. The van der Waals surface area contributed by atoms with Crippen LogP contribution in [0, 0.1) is 5.92 Å². The molecule has 0 amide bonds. The van der Waals surface area contributed by atoms with Gasteiger partial charge in [0.05, 0.1) is 17.4 Å². The normalized spacial score (nSPS) is 16.6. The number of nitrogens with zero attached hydrogens (tertiary/aromatic N) is 3. The van der Waals surface area contributed by atoms with Gasteiger partial charge in [0.1, 0.15) is 12.4 Å². The summed E-state index contributed by atoms with van der Waals surface area (Å²) in [6.07, 6.45) is 9.05. The van der Waals surface area contributed by atoms with E-state index in [-0.39, 0.29) is 24.8 Å². The highest BCUT2D eigenvalue weighted by atomic mass is 35.5. The fourth-order valence-electron chi connectivity index (χ4n) is 4.81. The molecule has 3 aromatic rings. The second kappa shape index (κ2) is 10.8. The molecule has 5 rings (SSSR count). The third-order valence-electron chi connectivity index (χ3n) is 6.89. The van der Waals surface area contributed by atoms with Gasteiger partial charge in [0.25, 0.3) is 5.56 Å². The summed E-state index contributed by atoms with van der Waals surface area (Å²) >= 11 is 5.86. The Bertz CT molecular complexity index is 1260. The number of fused-ring (bicyclic) bond motifs is 1. The van der Waals surface area contributed by atoms with Gasteiger partial charge < -0.3 is 4.74 Å². The molecule has 0 N–H and O–H groups in total. The standard InChI is InChI=1S/C28H29ClFN3O2/c29-24-4-5-25(31-17-24)19-35-27-9-12-33(28(34)15-27)26-6-3-22-13-21(1-2-23(22)14-26)18-32-10-7-20(16-30)8-11-32/h1-2,4-5,9,12-15,17,20H,3,6-8,10-11,16,18-19H2. The Morgan fingerprint density at radius 2 is 1.94 bits per heavy atom. The minimum Gasteiger partial charge on any atom is -0.487 e. The molecule has 5 nitrogen and oxygen atoms in total. The highest BCUT2D eigenvalue weighted by Crippen LogP contribution is 2.28. The van der Waals surface area contributed by atoms with E-state index in [9.17, 15) is 9.18 Å². The van der Waals surface area contributed by atoms with E-state index in [1.165, 1.54) is 17.2 Å².